The monoisotopic (exact) mass is 394 g/mol. The molecule has 4 aromatic rings. The Morgan fingerprint density at radius 3 is 2.82 bits per heavy atom. The SMILES string of the molecule is CCCc1cc2c(Cl)c(C#N)ccc2n1Cc1noc(-c2cn(C)nc2C)n1. The van der Waals surface area contributed by atoms with Crippen molar-refractivity contribution in [3.63, 3.8) is 0 Å². The molecule has 0 radical (unpaired) electrons. The van der Waals surface area contributed by atoms with Crippen LogP contribution in [0.1, 0.15) is 36.1 Å². The van der Waals surface area contributed by atoms with Crippen molar-refractivity contribution >= 4 is 22.5 Å². The minimum atomic E-state index is 0.457. The second-order valence-electron chi connectivity index (χ2n) is 6.76. The summed E-state index contributed by atoms with van der Waals surface area (Å²) in [4.78, 5) is 4.56. The lowest BCUT2D eigenvalue weighted by Gasteiger charge is -2.08. The van der Waals surface area contributed by atoms with Crippen molar-refractivity contribution in [3.05, 3.63) is 52.2 Å². The molecule has 0 aliphatic rings. The van der Waals surface area contributed by atoms with Crippen LogP contribution >= 0.6 is 11.6 Å². The summed E-state index contributed by atoms with van der Waals surface area (Å²) in [5, 5.41) is 19.1. The van der Waals surface area contributed by atoms with Crippen molar-refractivity contribution in [3.8, 4) is 17.5 Å². The molecule has 1 aromatic carbocycles. The minimum absolute atomic E-state index is 0.457. The average molecular weight is 395 g/mol. The quantitative estimate of drug-likeness (QED) is 0.504. The Bertz CT molecular complexity index is 1210. The van der Waals surface area contributed by atoms with Crippen LogP contribution in [0.5, 0.6) is 0 Å². The summed E-state index contributed by atoms with van der Waals surface area (Å²) in [6.45, 7) is 4.50. The average Bonchev–Trinajstić information content (AvgIpc) is 3.35. The normalized spacial score (nSPS) is 11.2. The highest BCUT2D eigenvalue weighted by Crippen LogP contribution is 2.31. The third-order valence-corrected chi connectivity index (χ3v) is 5.15. The summed E-state index contributed by atoms with van der Waals surface area (Å²) >= 11 is 6.44. The Labute approximate surface area is 167 Å². The molecule has 8 heteroatoms. The second kappa shape index (κ2) is 7.13. The van der Waals surface area contributed by atoms with Crippen molar-refractivity contribution in [2.75, 3.05) is 0 Å². The summed E-state index contributed by atoms with van der Waals surface area (Å²) in [5.74, 6) is 1.03. The summed E-state index contributed by atoms with van der Waals surface area (Å²) in [7, 11) is 1.86. The third-order valence-electron chi connectivity index (χ3n) is 4.74. The molecule has 0 fully saturated rings. The van der Waals surface area contributed by atoms with Crippen LogP contribution in [0, 0.1) is 18.3 Å². The van der Waals surface area contributed by atoms with Crippen LogP contribution in [0.25, 0.3) is 22.4 Å². The maximum atomic E-state index is 9.25. The van der Waals surface area contributed by atoms with Gasteiger partial charge in [-0.2, -0.15) is 15.3 Å². The summed E-state index contributed by atoms with van der Waals surface area (Å²) in [5.41, 5.74) is 4.22. The lowest BCUT2D eigenvalue weighted by Crippen LogP contribution is -2.05. The Morgan fingerprint density at radius 1 is 1.32 bits per heavy atom. The van der Waals surface area contributed by atoms with E-state index in [1.165, 1.54) is 0 Å². The molecule has 0 aliphatic heterocycles. The first kappa shape index (κ1) is 18.3. The van der Waals surface area contributed by atoms with Crippen molar-refractivity contribution in [2.45, 2.75) is 33.2 Å². The molecule has 0 saturated heterocycles. The van der Waals surface area contributed by atoms with Crippen LogP contribution in [0.4, 0.5) is 0 Å². The van der Waals surface area contributed by atoms with Crippen LogP contribution in [-0.2, 0) is 20.0 Å². The van der Waals surface area contributed by atoms with Gasteiger partial charge in [0.15, 0.2) is 5.82 Å². The van der Waals surface area contributed by atoms with Gasteiger partial charge in [-0.3, -0.25) is 4.68 Å². The van der Waals surface area contributed by atoms with E-state index < -0.39 is 0 Å². The van der Waals surface area contributed by atoms with Crippen LogP contribution < -0.4 is 0 Å². The lowest BCUT2D eigenvalue weighted by atomic mass is 10.1. The van der Waals surface area contributed by atoms with E-state index in [1.54, 1.807) is 10.7 Å². The van der Waals surface area contributed by atoms with Gasteiger partial charge in [-0.25, -0.2) is 0 Å². The lowest BCUT2D eigenvalue weighted by molar-refractivity contribution is 0.420. The predicted molar refractivity (Wildman–Crippen MR) is 106 cm³/mol. The number of nitriles is 1. The molecule has 0 N–H and O–H groups in total. The molecular formula is C20H19ClN6O. The van der Waals surface area contributed by atoms with Crippen molar-refractivity contribution in [2.24, 2.45) is 7.05 Å². The second-order valence-corrected chi connectivity index (χ2v) is 7.14. The van der Waals surface area contributed by atoms with Gasteiger partial charge in [-0.15, -0.1) is 0 Å². The van der Waals surface area contributed by atoms with Gasteiger partial charge in [0.25, 0.3) is 5.89 Å². The number of nitrogens with zero attached hydrogens (tertiary/aromatic N) is 6. The topological polar surface area (TPSA) is 85.5 Å². The molecule has 7 nitrogen and oxygen atoms in total. The van der Waals surface area contributed by atoms with Gasteiger partial charge in [0.1, 0.15) is 6.07 Å². The van der Waals surface area contributed by atoms with E-state index in [0.717, 1.165) is 40.7 Å². The zero-order valence-corrected chi connectivity index (χ0v) is 16.7. The summed E-state index contributed by atoms with van der Waals surface area (Å²) in [6.07, 6.45) is 3.74. The Morgan fingerprint density at radius 2 is 2.14 bits per heavy atom. The molecule has 0 aliphatic carbocycles. The van der Waals surface area contributed by atoms with Gasteiger partial charge < -0.3 is 9.09 Å². The standard InChI is InChI=1S/C20H19ClN6O/c1-4-5-14-8-15-17(7-6-13(9-22)19(15)21)27(14)11-18-23-20(28-25-18)16-10-26(3)24-12(16)2/h6-8,10H,4-5,11H2,1-3H3. The maximum absolute atomic E-state index is 9.25. The number of aromatic nitrogens is 5. The molecular weight excluding hydrogens is 376 g/mol. The number of fused-ring (bicyclic) bond motifs is 1. The van der Waals surface area contributed by atoms with Crippen LogP contribution in [0.2, 0.25) is 5.02 Å². The molecule has 142 valence electrons. The van der Waals surface area contributed by atoms with Crippen LogP contribution in [0.15, 0.2) is 28.9 Å². The van der Waals surface area contributed by atoms with Gasteiger partial charge in [0, 0.05) is 24.3 Å². The Kier molecular flexibility index (Phi) is 4.65. The molecule has 4 rings (SSSR count). The Hall–Kier alpha value is -3.11. The van der Waals surface area contributed by atoms with Gasteiger partial charge in [-0.05, 0) is 31.5 Å². The van der Waals surface area contributed by atoms with Gasteiger partial charge in [-0.1, -0.05) is 30.1 Å². The van der Waals surface area contributed by atoms with E-state index >= 15 is 0 Å². The smallest absolute Gasteiger partial charge is 0.261 e. The van der Waals surface area contributed by atoms with Gasteiger partial charge in [0.05, 0.1) is 33.9 Å². The first-order chi connectivity index (χ1) is 13.5. The zero-order chi connectivity index (χ0) is 19.8. The van der Waals surface area contributed by atoms with Crippen LogP contribution in [-0.4, -0.2) is 24.5 Å². The molecule has 0 atom stereocenters. The number of hydrogen-bond acceptors (Lipinski definition) is 5. The molecule has 28 heavy (non-hydrogen) atoms. The fourth-order valence-corrected chi connectivity index (χ4v) is 3.73. The highest BCUT2D eigenvalue weighted by Gasteiger charge is 2.18. The van der Waals surface area contributed by atoms with Gasteiger partial charge >= 0.3 is 0 Å². The molecule has 0 bridgehead atoms. The summed E-state index contributed by atoms with van der Waals surface area (Å²) < 4.78 is 9.33. The van der Waals surface area contributed by atoms with Crippen molar-refractivity contribution in [1.29, 1.82) is 5.26 Å². The highest BCUT2D eigenvalue weighted by molar-refractivity contribution is 6.36. The Balaban J connectivity index is 1.75. The minimum Gasteiger partial charge on any atom is -0.337 e. The van der Waals surface area contributed by atoms with E-state index in [4.69, 9.17) is 16.1 Å². The first-order valence-electron chi connectivity index (χ1n) is 9.05. The van der Waals surface area contributed by atoms with E-state index in [2.05, 4.69) is 32.8 Å². The zero-order valence-electron chi connectivity index (χ0n) is 15.9. The van der Waals surface area contributed by atoms with E-state index in [1.807, 2.05) is 32.3 Å². The number of benzene rings is 1. The molecule has 0 spiro atoms. The fraction of sp³-hybridized carbons (Fsp3) is 0.300. The first-order valence-corrected chi connectivity index (χ1v) is 9.43. The van der Waals surface area contributed by atoms with Crippen molar-refractivity contribution < 1.29 is 4.52 Å². The maximum Gasteiger partial charge on any atom is 0.261 e. The molecule has 0 unspecified atom stereocenters. The van der Waals surface area contributed by atoms with E-state index in [-0.39, 0.29) is 0 Å². The largest absolute Gasteiger partial charge is 0.337 e. The predicted octanol–water partition coefficient (Wildman–Crippen LogP) is 4.26. The van der Waals surface area contributed by atoms with Gasteiger partial charge in [0.2, 0.25) is 0 Å². The number of rotatable bonds is 5. The van der Waals surface area contributed by atoms with E-state index in [0.29, 0.717) is 28.8 Å². The molecule has 3 aromatic heterocycles. The third kappa shape index (κ3) is 3.06. The number of halogens is 1. The summed E-state index contributed by atoms with van der Waals surface area (Å²) in [6, 6.07) is 7.86. The molecule has 0 saturated carbocycles. The molecule has 3 heterocycles. The fourth-order valence-electron chi connectivity index (χ4n) is 3.47. The van der Waals surface area contributed by atoms with Crippen molar-refractivity contribution in [1.82, 2.24) is 24.5 Å². The molecule has 0 amide bonds. The number of hydrogen-bond donors (Lipinski definition) is 0. The number of aryl methyl sites for hydroxylation is 3. The highest BCUT2D eigenvalue weighted by atomic mass is 35.5. The van der Waals surface area contributed by atoms with Crippen LogP contribution in [0.3, 0.4) is 0 Å². The van der Waals surface area contributed by atoms with E-state index in [9.17, 15) is 5.26 Å².